The van der Waals surface area contributed by atoms with Crippen LogP contribution in [0.5, 0.6) is 5.75 Å². The number of sulfonamides is 1. The van der Waals surface area contributed by atoms with Crippen LogP contribution in [0.25, 0.3) is 0 Å². The van der Waals surface area contributed by atoms with Crippen molar-refractivity contribution in [3.05, 3.63) is 124 Å². The Kier molecular flexibility index (Phi) is 12.0. The first-order valence-corrected chi connectivity index (χ1v) is 17.1. The third-order valence-electron chi connectivity index (χ3n) is 7.00. The standard InChI is InChI=1S/C34H35BrClN3O5S/c1-3-37-34(41)32(22-25-8-6-5-7-9-25)38(23-26-10-12-27(35)13-11-26)33(40)24-39(29-16-18-30(19-17-29)44-4-2)45(42,43)31-20-14-28(36)15-21-31/h5-21,32H,3-4,22-24H2,1-2H3,(H,37,41). The first-order valence-electron chi connectivity index (χ1n) is 14.5. The van der Waals surface area contributed by atoms with E-state index in [-0.39, 0.29) is 29.5 Å². The van der Waals surface area contributed by atoms with Crippen molar-refractivity contribution in [2.24, 2.45) is 0 Å². The zero-order valence-corrected chi connectivity index (χ0v) is 28.2. The molecule has 0 radical (unpaired) electrons. The van der Waals surface area contributed by atoms with Crippen molar-refractivity contribution in [2.45, 2.75) is 37.8 Å². The molecule has 0 aliphatic carbocycles. The van der Waals surface area contributed by atoms with Gasteiger partial charge in [-0.25, -0.2) is 8.42 Å². The molecule has 0 spiro atoms. The molecule has 8 nitrogen and oxygen atoms in total. The number of anilines is 1. The smallest absolute Gasteiger partial charge is 0.264 e. The normalized spacial score (nSPS) is 11.8. The quantitative estimate of drug-likeness (QED) is 0.162. The van der Waals surface area contributed by atoms with Crippen LogP contribution in [-0.4, -0.2) is 50.9 Å². The fraction of sp³-hybridized carbons (Fsp3) is 0.235. The molecule has 4 aromatic carbocycles. The van der Waals surface area contributed by atoms with Crippen LogP contribution < -0.4 is 14.4 Å². The lowest BCUT2D eigenvalue weighted by atomic mass is 10.0. The Morgan fingerprint density at radius 2 is 1.51 bits per heavy atom. The molecule has 0 aromatic heterocycles. The maximum absolute atomic E-state index is 14.4. The molecule has 0 bridgehead atoms. The van der Waals surface area contributed by atoms with Crippen molar-refractivity contribution in [3.63, 3.8) is 0 Å². The summed E-state index contributed by atoms with van der Waals surface area (Å²) in [7, 11) is -4.24. The summed E-state index contributed by atoms with van der Waals surface area (Å²) in [5, 5.41) is 3.24. The highest BCUT2D eigenvalue weighted by Gasteiger charge is 2.34. The van der Waals surface area contributed by atoms with Gasteiger partial charge in [0, 0.05) is 29.0 Å². The molecular formula is C34H35BrClN3O5S. The number of nitrogens with one attached hydrogen (secondary N) is 1. The first-order chi connectivity index (χ1) is 21.6. The minimum atomic E-state index is -4.24. The molecule has 0 fully saturated rings. The number of carbonyl (C=O) groups is 2. The summed E-state index contributed by atoms with van der Waals surface area (Å²) in [6, 6.07) is 28.2. The van der Waals surface area contributed by atoms with Crippen molar-refractivity contribution in [1.29, 1.82) is 0 Å². The van der Waals surface area contributed by atoms with Crippen molar-refractivity contribution in [1.82, 2.24) is 10.2 Å². The van der Waals surface area contributed by atoms with E-state index in [1.807, 2.05) is 68.4 Å². The fourth-order valence-corrected chi connectivity index (χ4v) is 6.57. The third-order valence-corrected chi connectivity index (χ3v) is 9.57. The van der Waals surface area contributed by atoms with Gasteiger partial charge in [-0.2, -0.15) is 0 Å². The second kappa shape index (κ2) is 15.9. The SMILES string of the molecule is CCNC(=O)C(Cc1ccccc1)N(Cc1ccc(Br)cc1)C(=O)CN(c1ccc(OCC)cc1)S(=O)(=O)c1ccc(Cl)cc1. The number of nitrogens with zero attached hydrogens (tertiary/aromatic N) is 2. The third kappa shape index (κ3) is 9.09. The minimum Gasteiger partial charge on any atom is -0.494 e. The number of likely N-dealkylation sites (N-methyl/N-ethyl adjacent to an activating group) is 1. The number of hydrogen-bond acceptors (Lipinski definition) is 5. The zero-order valence-electron chi connectivity index (χ0n) is 25.0. The minimum absolute atomic E-state index is 0.0300. The molecule has 236 valence electrons. The van der Waals surface area contributed by atoms with Gasteiger partial charge in [0.2, 0.25) is 11.8 Å². The van der Waals surface area contributed by atoms with Crippen molar-refractivity contribution in [3.8, 4) is 5.75 Å². The molecule has 4 rings (SSSR count). The van der Waals surface area contributed by atoms with Gasteiger partial charge in [-0.3, -0.25) is 13.9 Å². The molecule has 45 heavy (non-hydrogen) atoms. The van der Waals surface area contributed by atoms with Gasteiger partial charge in [-0.1, -0.05) is 70.0 Å². The highest BCUT2D eigenvalue weighted by Crippen LogP contribution is 2.28. The number of amides is 2. The summed E-state index contributed by atoms with van der Waals surface area (Å²) in [5.41, 5.74) is 1.91. The molecule has 0 aliphatic rings. The maximum atomic E-state index is 14.4. The van der Waals surface area contributed by atoms with Gasteiger partial charge in [0.25, 0.3) is 10.0 Å². The maximum Gasteiger partial charge on any atom is 0.264 e. The molecule has 11 heteroatoms. The van der Waals surface area contributed by atoms with E-state index in [4.69, 9.17) is 16.3 Å². The van der Waals surface area contributed by atoms with Crippen LogP contribution in [0.4, 0.5) is 5.69 Å². The number of hydrogen-bond donors (Lipinski definition) is 1. The number of halogens is 2. The lowest BCUT2D eigenvalue weighted by Crippen LogP contribution is -2.53. The Labute approximate surface area is 278 Å². The molecule has 4 aromatic rings. The van der Waals surface area contributed by atoms with E-state index in [9.17, 15) is 18.0 Å². The monoisotopic (exact) mass is 711 g/mol. The van der Waals surface area contributed by atoms with Crippen molar-refractivity contribution >= 4 is 55.1 Å². The molecule has 1 unspecified atom stereocenters. The Hall–Kier alpha value is -3.86. The predicted octanol–water partition coefficient (Wildman–Crippen LogP) is 6.47. The number of rotatable bonds is 14. The summed E-state index contributed by atoms with van der Waals surface area (Å²) < 4.78 is 35.7. The summed E-state index contributed by atoms with van der Waals surface area (Å²) in [5.74, 6) is -0.316. The molecule has 1 N–H and O–H groups in total. The fourth-order valence-electron chi connectivity index (χ4n) is 4.77. The van der Waals surface area contributed by atoms with Crippen molar-refractivity contribution < 1.29 is 22.7 Å². The second-order valence-electron chi connectivity index (χ2n) is 10.1. The molecule has 0 heterocycles. The largest absolute Gasteiger partial charge is 0.494 e. The van der Waals surface area contributed by atoms with Gasteiger partial charge in [0.05, 0.1) is 17.2 Å². The topological polar surface area (TPSA) is 96.0 Å². The molecule has 0 saturated carbocycles. The molecule has 1 atom stereocenters. The van der Waals surface area contributed by atoms with E-state index in [0.29, 0.717) is 23.9 Å². The van der Waals surface area contributed by atoms with E-state index in [0.717, 1.165) is 19.9 Å². The molecule has 2 amide bonds. The van der Waals surface area contributed by atoms with E-state index in [1.165, 1.54) is 29.2 Å². The number of carbonyl (C=O) groups excluding carboxylic acids is 2. The van der Waals surface area contributed by atoms with Crippen LogP contribution in [-0.2, 0) is 32.6 Å². The molecule has 0 saturated heterocycles. The average Bonchev–Trinajstić information content (AvgIpc) is 3.03. The van der Waals surface area contributed by atoms with Gasteiger partial charge in [-0.05, 0) is 85.6 Å². The van der Waals surface area contributed by atoms with E-state index < -0.39 is 28.5 Å². The van der Waals surface area contributed by atoms with Crippen LogP contribution >= 0.6 is 27.5 Å². The lowest BCUT2D eigenvalue weighted by Gasteiger charge is -2.34. The zero-order chi connectivity index (χ0) is 32.4. The Balaban J connectivity index is 1.79. The van der Waals surface area contributed by atoms with E-state index in [2.05, 4.69) is 21.2 Å². The molecular weight excluding hydrogens is 678 g/mol. The molecule has 0 aliphatic heterocycles. The van der Waals surface area contributed by atoms with Crippen molar-refractivity contribution in [2.75, 3.05) is 24.0 Å². The predicted molar refractivity (Wildman–Crippen MR) is 181 cm³/mol. The van der Waals surface area contributed by atoms with Crippen LogP contribution in [0.1, 0.15) is 25.0 Å². The summed E-state index contributed by atoms with van der Waals surface area (Å²) in [6.45, 7) is 4.00. The average molecular weight is 713 g/mol. The summed E-state index contributed by atoms with van der Waals surface area (Å²) in [4.78, 5) is 29.4. The Bertz CT molecular complexity index is 1670. The van der Waals surface area contributed by atoms with Gasteiger partial charge in [0.1, 0.15) is 18.3 Å². The van der Waals surface area contributed by atoms with Gasteiger partial charge < -0.3 is 15.0 Å². The van der Waals surface area contributed by atoms with Crippen LogP contribution in [0.2, 0.25) is 5.02 Å². The Morgan fingerprint density at radius 1 is 0.867 bits per heavy atom. The lowest BCUT2D eigenvalue weighted by molar-refractivity contribution is -0.140. The van der Waals surface area contributed by atoms with Crippen LogP contribution in [0, 0.1) is 0 Å². The second-order valence-corrected chi connectivity index (χ2v) is 13.4. The highest BCUT2D eigenvalue weighted by molar-refractivity contribution is 9.10. The van der Waals surface area contributed by atoms with Crippen LogP contribution in [0.15, 0.2) is 112 Å². The van der Waals surface area contributed by atoms with Gasteiger partial charge in [-0.15, -0.1) is 0 Å². The van der Waals surface area contributed by atoms with Gasteiger partial charge >= 0.3 is 0 Å². The summed E-state index contributed by atoms with van der Waals surface area (Å²) in [6.07, 6.45) is 0.238. The number of benzene rings is 4. The Morgan fingerprint density at radius 3 is 2.11 bits per heavy atom. The summed E-state index contributed by atoms with van der Waals surface area (Å²) >= 11 is 9.49. The van der Waals surface area contributed by atoms with Gasteiger partial charge in [0.15, 0.2) is 0 Å². The first kappa shape index (κ1) is 34.0. The van der Waals surface area contributed by atoms with E-state index in [1.54, 1.807) is 24.3 Å². The van der Waals surface area contributed by atoms with Crippen LogP contribution in [0.3, 0.4) is 0 Å². The highest BCUT2D eigenvalue weighted by atomic mass is 79.9. The number of ether oxygens (including phenoxy) is 1. The van der Waals surface area contributed by atoms with E-state index >= 15 is 0 Å².